The number of aryl methyl sites for hydroxylation is 4. The SMILES string of the molecule is CCc1ccc(C)cc1-c1c(C)ccc(C)c1C. The Morgan fingerprint density at radius 3 is 2.17 bits per heavy atom. The molecule has 2 aromatic rings. The summed E-state index contributed by atoms with van der Waals surface area (Å²) in [6.45, 7) is 11.0. The third-order valence-electron chi connectivity index (χ3n) is 3.86. The predicted octanol–water partition coefficient (Wildman–Crippen LogP) is 5.15. The van der Waals surface area contributed by atoms with E-state index in [9.17, 15) is 0 Å². The van der Waals surface area contributed by atoms with Crippen LogP contribution in [0.4, 0.5) is 0 Å². The summed E-state index contributed by atoms with van der Waals surface area (Å²) in [5.74, 6) is 0. The van der Waals surface area contributed by atoms with Gasteiger partial charge in [-0.25, -0.2) is 0 Å². The summed E-state index contributed by atoms with van der Waals surface area (Å²) in [5, 5.41) is 0. The molecule has 94 valence electrons. The van der Waals surface area contributed by atoms with Crippen LogP contribution in [0.1, 0.15) is 34.7 Å². The third kappa shape index (κ3) is 2.20. The summed E-state index contributed by atoms with van der Waals surface area (Å²) < 4.78 is 0. The molecule has 2 aromatic carbocycles. The first-order valence-electron chi connectivity index (χ1n) is 6.71. The Bertz CT molecular complexity index is 577. The van der Waals surface area contributed by atoms with Gasteiger partial charge in [-0.05, 0) is 67.5 Å². The summed E-state index contributed by atoms with van der Waals surface area (Å²) in [5.41, 5.74) is 9.78. The molecule has 0 atom stereocenters. The van der Waals surface area contributed by atoms with E-state index < -0.39 is 0 Å². The van der Waals surface area contributed by atoms with Crippen molar-refractivity contribution in [2.45, 2.75) is 41.0 Å². The maximum atomic E-state index is 2.33. The van der Waals surface area contributed by atoms with Crippen LogP contribution >= 0.6 is 0 Å². The van der Waals surface area contributed by atoms with Gasteiger partial charge in [0.2, 0.25) is 0 Å². The van der Waals surface area contributed by atoms with Gasteiger partial charge in [0.05, 0.1) is 0 Å². The minimum Gasteiger partial charge on any atom is -0.0613 e. The quantitative estimate of drug-likeness (QED) is 0.678. The Labute approximate surface area is 111 Å². The Morgan fingerprint density at radius 2 is 1.50 bits per heavy atom. The molecule has 0 saturated heterocycles. The van der Waals surface area contributed by atoms with Crippen molar-refractivity contribution in [3.05, 3.63) is 58.1 Å². The van der Waals surface area contributed by atoms with Crippen molar-refractivity contribution in [1.29, 1.82) is 0 Å². The Morgan fingerprint density at radius 1 is 0.833 bits per heavy atom. The lowest BCUT2D eigenvalue weighted by Gasteiger charge is -2.16. The molecule has 0 heterocycles. The minimum absolute atomic E-state index is 1.09. The van der Waals surface area contributed by atoms with Crippen molar-refractivity contribution in [2.75, 3.05) is 0 Å². The lowest BCUT2D eigenvalue weighted by molar-refractivity contribution is 1.13. The van der Waals surface area contributed by atoms with Crippen LogP contribution in [0.25, 0.3) is 11.1 Å². The standard InChI is InChI=1S/C18H22/c1-6-16-10-7-12(2)11-17(16)18-14(4)9-8-13(3)15(18)5/h7-11H,6H2,1-5H3. The highest BCUT2D eigenvalue weighted by atomic mass is 14.2. The average molecular weight is 238 g/mol. The van der Waals surface area contributed by atoms with Crippen LogP contribution in [0.5, 0.6) is 0 Å². The Kier molecular flexibility index (Phi) is 3.56. The molecule has 0 aromatic heterocycles. The zero-order valence-electron chi connectivity index (χ0n) is 12.1. The van der Waals surface area contributed by atoms with Gasteiger partial charge in [-0.2, -0.15) is 0 Å². The summed E-state index contributed by atoms with van der Waals surface area (Å²) in [6.07, 6.45) is 1.09. The fraction of sp³-hybridized carbons (Fsp3) is 0.333. The smallest absolute Gasteiger partial charge is 0.0120 e. The van der Waals surface area contributed by atoms with E-state index >= 15 is 0 Å². The molecule has 0 amide bonds. The van der Waals surface area contributed by atoms with Gasteiger partial charge in [0.25, 0.3) is 0 Å². The van der Waals surface area contributed by atoms with Crippen molar-refractivity contribution in [3.8, 4) is 11.1 Å². The van der Waals surface area contributed by atoms with Crippen LogP contribution in [-0.2, 0) is 6.42 Å². The summed E-state index contributed by atoms with van der Waals surface area (Å²) in [6, 6.07) is 11.3. The highest BCUT2D eigenvalue weighted by Crippen LogP contribution is 2.32. The molecule has 0 spiro atoms. The topological polar surface area (TPSA) is 0 Å². The lowest BCUT2D eigenvalue weighted by atomic mass is 9.88. The number of hydrogen-bond acceptors (Lipinski definition) is 0. The zero-order valence-corrected chi connectivity index (χ0v) is 12.1. The normalized spacial score (nSPS) is 10.7. The fourth-order valence-electron chi connectivity index (χ4n) is 2.60. The minimum atomic E-state index is 1.09. The van der Waals surface area contributed by atoms with Gasteiger partial charge >= 0.3 is 0 Å². The predicted molar refractivity (Wildman–Crippen MR) is 80.2 cm³/mol. The maximum absolute atomic E-state index is 2.33. The molecular weight excluding hydrogens is 216 g/mol. The van der Waals surface area contributed by atoms with E-state index in [-0.39, 0.29) is 0 Å². The lowest BCUT2D eigenvalue weighted by Crippen LogP contribution is -1.96. The van der Waals surface area contributed by atoms with Gasteiger partial charge in [0.1, 0.15) is 0 Å². The molecule has 0 bridgehead atoms. The fourth-order valence-corrected chi connectivity index (χ4v) is 2.60. The van der Waals surface area contributed by atoms with E-state index in [0.717, 1.165) is 6.42 Å². The number of hydrogen-bond donors (Lipinski definition) is 0. The second-order valence-electron chi connectivity index (χ2n) is 5.21. The molecule has 0 radical (unpaired) electrons. The van der Waals surface area contributed by atoms with Gasteiger partial charge in [-0.1, -0.05) is 42.8 Å². The van der Waals surface area contributed by atoms with E-state index in [1.807, 2.05) is 0 Å². The van der Waals surface area contributed by atoms with Crippen LogP contribution in [0, 0.1) is 27.7 Å². The molecule has 0 aliphatic carbocycles. The van der Waals surface area contributed by atoms with Crippen molar-refractivity contribution in [1.82, 2.24) is 0 Å². The molecule has 0 nitrogen and oxygen atoms in total. The van der Waals surface area contributed by atoms with Gasteiger partial charge in [0, 0.05) is 0 Å². The molecule has 0 aliphatic rings. The van der Waals surface area contributed by atoms with Gasteiger partial charge in [-0.3, -0.25) is 0 Å². The van der Waals surface area contributed by atoms with Gasteiger partial charge in [-0.15, -0.1) is 0 Å². The van der Waals surface area contributed by atoms with E-state index in [0.29, 0.717) is 0 Å². The van der Waals surface area contributed by atoms with Crippen LogP contribution in [0.2, 0.25) is 0 Å². The largest absolute Gasteiger partial charge is 0.0613 e. The molecule has 2 rings (SSSR count). The van der Waals surface area contributed by atoms with Crippen LogP contribution < -0.4 is 0 Å². The molecule has 0 aliphatic heterocycles. The molecule has 0 saturated carbocycles. The molecule has 0 fully saturated rings. The first-order valence-corrected chi connectivity index (χ1v) is 6.71. The van der Waals surface area contributed by atoms with Crippen LogP contribution in [0.15, 0.2) is 30.3 Å². The first-order chi connectivity index (χ1) is 8.54. The Hall–Kier alpha value is -1.56. The van der Waals surface area contributed by atoms with E-state index in [4.69, 9.17) is 0 Å². The van der Waals surface area contributed by atoms with Crippen molar-refractivity contribution in [2.24, 2.45) is 0 Å². The van der Waals surface area contributed by atoms with E-state index in [1.165, 1.54) is 38.9 Å². The molecule has 0 unspecified atom stereocenters. The van der Waals surface area contributed by atoms with Crippen molar-refractivity contribution >= 4 is 0 Å². The Balaban J connectivity index is 2.76. The van der Waals surface area contributed by atoms with Crippen molar-refractivity contribution < 1.29 is 0 Å². The molecule has 0 heteroatoms. The maximum Gasteiger partial charge on any atom is -0.0120 e. The summed E-state index contributed by atoms with van der Waals surface area (Å²) >= 11 is 0. The summed E-state index contributed by atoms with van der Waals surface area (Å²) in [4.78, 5) is 0. The van der Waals surface area contributed by atoms with Crippen LogP contribution in [-0.4, -0.2) is 0 Å². The first kappa shape index (κ1) is 12.9. The monoisotopic (exact) mass is 238 g/mol. The molecule has 0 N–H and O–H groups in total. The zero-order chi connectivity index (χ0) is 13.3. The van der Waals surface area contributed by atoms with E-state index in [1.54, 1.807) is 0 Å². The van der Waals surface area contributed by atoms with E-state index in [2.05, 4.69) is 65.0 Å². The third-order valence-corrected chi connectivity index (χ3v) is 3.86. The highest BCUT2D eigenvalue weighted by molar-refractivity contribution is 5.75. The number of rotatable bonds is 2. The molecular formula is C18H22. The van der Waals surface area contributed by atoms with Gasteiger partial charge < -0.3 is 0 Å². The second-order valence-corrected chi connectivity index (χ2v) is 5.21. The summed E-state index contributed by atoms with van der Waals surface area (Å²) in [7, 11) is 0. The average Bonchev–Trinajstić information content (AvgIpc) is 2.35. The molecule has 18 heavy (non-hydrogen) atoms. The number of benzene rings is 2. The van der Waals surface area contributed by atoms with Gasteiger partial charge in [0.15, 0.2) is 0 Å². The van der Waals surface area contributed by atoms with Crippen LogP contribution in [0.3, 0.4) is 0 Å². The van der Waals surface area contributed by atoms with Crippen molar-refractivity contribution in [3.63, 3.8) is 0 Å². The second kappa shape index (κ2) is 4.97. The highest BCUT2D eigenvalue weighted by Gasteiger charge is 2.11.